The van der Waals surface area contributed by atoms with Gasteiger partial charge in [-0.05, 0) is 42.5 Å². The number of nitrogens with one attached hydrogen (secondary N) is 1. The molecule has 0 aliphatic heterocycles. The van der Waals surface area contributed by atoms with Crippen molar-refractivity contribution >= 4 is 33.1 Å². The van der Waals surface area contributed by atoms with E-state index < -0.39 is 11.7 Å². The summed E-state index contributed by atoms with van der Waals surface area (Å²) in [6, 6.07) is 12.9. The largest absolute Gasteiger partial charge is 0.416 e. The van der Waals surface area contributed by atoms with E-state index in [0.29, 0.717) is 5.69 Å². The highest BCUT2D eigenvalue weighted by Gasteiger charge is 2.29. The number of halogens is 4. The van der Waals surface area contributed by atoms with Gasteiger partial charge in [-0.15, -0.1) is 15.3 Å². The zero-order valence-corrected chi connectivity index (χ0v) is 13.5. The lowest BCUT2D eigenvalue weighted by Gasteiger charge is -2.06. The van der Waals surface area contributed by atoms with Crippen molar-refractivity contribution in [3.8, 4) is 6.07 Å². The maximum Gasteiger partial charge on any atom is 0.416 e. The third-order valence-corrected chi connectivity index (χ3v) is 3.16. The van der Waals surface area contributed by atoms with Gasteiger partial charge >= 0.3 is 6.18 Å². The van der Waals surface area contributed by atoms with Crippen LogP contribution in [0.1, 0.15) is 5.56 Å². The average molecular weight is 396 g/mol. The van der Waals surface area contributed by atoms with E-state index in [1.165, 1.54) is 12.1 Å². The van der Waals surface area contributed by atoms with Gasteiger partial charge in [0, 0.05) is 4.47 Å². The van der Waals surface area contributed by atoms with Crippen molar-refractivity contribution in [1.82, 2.24) is 0 Å². The molecule has 0 aromatic heterocycles. The molecule has 2 rings (SSSR count). The van der Waals surface area contributed by atoms with Crippen LogP contribution in [0, 0.1) is 11.3 Å². The average Bonchev–Trinajstić information content (AvgIpc) is 2.55. The fourth-order valence-corrected chi connectivity index (χ4v) is 1.95. The minimum absolute atomic E-state index is 0.269. The molecule has 0 radical (unpaired) electrons. The molecule has 5 nitrogen and oxygen atoms in total. The lowest BCUT2D eigenvalue weighted by Crippen LogP contribution is -2.04. The molecular formula is C15H9BrF3N5. The van der Waals surface area contributed by atoms with Crippen LogP contribution in [0.5, 0.6) is 0 Å². The second-order valence-corrected chi connectivity index (χ2v) is 5.33. The standard InChI is InChI=1S/C15H9BrF3N5/c16-11-2-1-3-13(8-11)22-24-14(9-20)23-21-12-6-4-10(5-7-12)15(17,18)19/h1-8,21H. The first kappa shape index (κ1) is 17.6. The van der Waals surface area contributed by atoms with E-state index in [1.54, 1.807) is 24.3 Å². The third kappa shape index (κ3) is 5.17. The van der Waals surface area contributed by atoms with Gasteiger partial charge in [0.2, 0.25) is 0 Å². The Morgan fingerprint density at radius 2 is 1.83 bits per heavy atom. The molecule has 2 aromatic carbocycles. The molecule has 0 heterocycles. The number of hydrogen-bond acceptors (Lipinski definition) is 4. The zero-order chi connectivity index (χ0) is 17.6. The predicted octanol–water partition coefficient (Wildman–Crippen LogP) is 5.50. The fourth-order valence-electron chi connectivity index (χ4n) is 1.56. The molecule has 0 bridgehead atoms. The van der Waals surface area contributed by atoms with E-state index >= 15 is 0 Å². The van der Waals surface area contributed by atoms with Gasteiger partial charge in [0.1, 0.15) is 6.07 Å². The van der Waals surface area contributed by atoms with Crippen molar-refractivity contribution in [2.75, 3.05) is 5.43 Å². The van der Waals surface area contributed by atoms with E-state index in [0.717, 1.165) is 16.6 Å². The molecule has 0 spiro atoms. The van der Waals surface area contributed by atoms with Crippen LogP contribution < -0.4 is 5.43 Å². The Morgan fingerprint density at radius 1 is 1.12 bits per heavy atom. The Balaban J connectivity index is 2.07. The van der Waals surface area contributed by atoms with Gasteiger partial charge in [-0.3, -0.25) is 5.43 Å². The summed E-state index contributed by atoms with van der Waals surface area (Å²) in [5, 5.41) is 20.2. The van der Waals surface area contributed by atoms with Crippen molar-refractivity contribution in [2.24, 2.45) is 15.3 Å². The van der Waals surface area contributed by atoms with Crippen LogP contribution in [0.15, 0.2) is 68.3 Å². The molecule has 0 saturated carbocycles. The molecule has 0 amide bonds. The van der Waals surface area contributed by atoms with Crippen molar-refractivity contribution in [1.29, 1.82) is 5.26 Å². The topological polar surface area (TPSA) is 72.9 Å². The maximum absolute atomic E-state index is 12.5. The molecule has 0 aliphatic rings. The van der Waals surface area contributed by atoms with Crippen LogP contribution in [0.3, 0.4) is 0 Å². The Morgan fingerprint density at radius 3 is 2.42 bits per heavy atom. The fraction of sp³-hybridized carbons (Fsp3) is 0.0667. The van der Waals surface area contributed by atoms with Crippen molar-refractivity contribution in [2.45, 2.75) is 6.18 Å². The lowest BCUT2D eigenvalue weighted by atomic mass is 10.2. The van der Waals surface area contributed by atoms with E-state index in [1.807, 2.05) is 6.07 Å². The summed E-state index contributed by atoms with van der Waals surface area (Å²) < 4.78 is 38.2. The SMILES string of the molecule is N#CC(N=Nc1cccc(Br)c1)=NNc1ccc(C(F)(F)F)cc1. The molecule has 24 heavy (non-hydrogen) atoms. The Bertz CT molecular complexity index is 807. The number of alkyl halides is 3. The van der Waals surface area contributed by atoms with Crippen LogP contribution in [0.4, 0.5) is 24.5 Å². The summed E-state index contributed by atoms with van der Waals surface area (Å²) in [5.74, 6) is -0.269. The molecule has 0 aliphatic carbocycles. The highest BCUT2D eigenvalue weighted by molar-refractivity contribution is 9.10. The molecule has 0 saturated heterocycles. The van der Waals surface area contributed by atoms with Crippen molar-refractivity contribution in [3.05, 3.63) is 58.6 Å². The maximum atomic E-state index is 12.5. The van der Waals surface area contributed by atoms with Crippen LogP contribution in [0.2, 0.25) is 0 Å². The summed E-state index contributed by atoms with van der Waals surface area (Å²) in [5.41, 5.74) is 2.49. The quantitative estimate of drug-likeness (QED) is 0.322. The first-order chi connectivity index (χ1) is 11.4. The van der Waals surface area contributed by atoms with Gasteiger partial charge in [-0.25, -0.2) is 0 Å². The first-order valence-corrected chi connectivity index (χ1v) is 7.26. The molecule has 2 aromatic rings. The van der Waals surface area contributed by atoms with Gasteiger partial charge < -0.3 is 0 Å². The summed E-state index contributed by atoms with van der Waals surface area (Å²) >= 11 is 3.28. The van der Waals surface area contributed by atoms with Gasteiger partial charge in [0.25, 0.3) is 5.84 Å². The minimum atomic E-state index is -4.40. The van der Waals surface area contributed by atoms with Crippen LogP contribution in [-0.4, -0.2) is 5.84 Å². The summed E-state index contributed by atoms with van der Waals surface area (Å²) in [7, 11) is 0. The van der Waals surface area contributed by atoms with Gasteiger partial charge in [0.05, 0.1) is 16.9 Å². The Kier molecular flexibility index (Phi) is 5.65. The molecule has 0 unspecified atom stereocenters. The number of nitrogens with zero attached hydrogens (tertiary/aromatic N) is 4. The third-order valence-electron chi connectivity index (χ3n) is 2.67. The van der Waals surface area contributed by atoms with Crippen LogP contribution in [-0.2, 0) is 6.18 Å². The number of rotatable bonds is 3. The van der Waals surface area contributed by atoms with Gasteiger partial charge in [-0.1, -0.05) is 22.0 Å². The second-order valence-electron chi connectivity index (χ2n) is 4.41. The molecular weight excluding hydrogens is 387 g/mol. The number of anilines is 1. The molecule has 0 atom stereocenters. The highest BCUT2D eigenvalue weighted by atomic mass is 79.9. The van der Waals surface area contributed by atoms with Gasteiger partial charge in [-0.2, -0.15) is 18.4 Å². The molecule has 122 valence electrons. The van der Waals surface area contributed by atoms with Crippen LogP contribution in [0.25, 0.3) is 0 Å². The van der Waals surface area contributed by atoms with E-state index in [9.17, 15) is 13.2 Å². The van der Waals surface area contributed by atoms with Crippen molar-refractivity contribution in [3.63, 3.8) is 0 Å². The predicted molar refractivity (Wildman–Crippen MR) is 86.8 cm³/mol. The Labute approximate surface area is 143 Å². The molecule has 0 fully saturated rings. The Hall–Kier alpha value is -2.73. The smallest absolute Gasteiger partial charge is 0.276 e. The minimum Gasteiger partial charge on any atom is -0.276 e. The van der Waals surface area contributed by atoms with Gasteiger partial charge in [0.15, 0.2) is 0 Å². The zero-order valence-electron chi connectivity index (χ0n) is 11.9. The highest BCUT2D eigenvalue weighted by Crippen LogP contribution is 2.29. The van der Waals surface area contributed by atoms with E-state index in [4.69, 9.17) is 5.26 Å². The van der Waals surface area contributed by atoms with E-state index in [2.05, 4.69) is 36.7 Å². The summed E-state index contributed by atoms with van der Waals surface area (Å²) in [6.07, 6.45) is -4.40. The number of hydrogen-bond donors (Lipinski definition) is 1. The number of hydrazone groups is 1. The van der Waals surface area contributed by atoms with Crippen molar-refractivity contribution < 1.29 is 13.2 Å². The second kappa shape index (κ2) is 7.70. The number of nitriles is 1. The summed E-state index contributed by atoms with van der Waals surface area (Å²) in [4.78, 5) is 0. The molecule has 1 N–H and O–H groups in total. The van der Waals surface area contributed by atoms with Crippen LogP contribution >= 0.6 is 15.9 Å². The molecule has 9 heteroatoms. The van der Waals surface area contributed by atoms with E-state index in [-0.39, 0.29) is 11.5 Å². The number of amidine groups is 1. The normalized spacial score (nSPS) is 12.2. The summed E-state index contributed by atoms with van der Waals surface area (Å²) in [6.45, 7) is 0. The lowest BCUT2D eigenvalue weighted by molar-refractivity contribution is -0.137. The first-order valence-electron chi connectivity index (χ1n) is 6.47. The number of benzene rings is 2. The number of azo groups is 1. The monoisotopic (exact) mass is 395 g/mol.